The van der Waals surface area contributed by atoms with Gasteiger partial charge < -0.3 is 4.74 Å². The first-order valence-corrected chi connectivity index (χ1v) is 6.16. The van der Waals surface area contributed by atoms with E-state index in [1.165, 1.54) is 6.92 Å². The first-order valence-electron chi connectivity index (χ1n) is 5.37. The van der Waals surface area contributed by atoms with E-state index < -0.39 is 46.4 Å². The molecule has 0 saturated heterocycles. The summed E-state index contributed by atoms with van der Waals surface area (Å²) in [6, 6.07) is 0.288. The maximum Gasteiger partial charge on any atom is 0.419 e. The molecule has 0 aliphatic carbocycles. The third kappa shape index (κ3) is 4.12. The van der Waals surface area contributed by atoms with Gasteiger partial charge >= 0.3 is 12.1 Å². The number of pyridine rings is 1. The van der Waals surface area contributed by atoms with E-state index in [0.29, 0.717) is 0 Å². The minimum Gasteiger partial charge on any atom is -0.466 e. The molecule has 1 aromatic heterocycles. The average molecular weight is 362 g/mol. The molecular formula is C11H9BrF5NO2. The third-order valence-electron chi connectivity index (χ3n) is 2.25. The minimum absolute atomic E-state index is 0.0324. The highest BCUT2D eigenvalue weighted by molar-refractivity contribution is 9.10. The third-order valence-corrected chi connectivity index (χ3v) is 2.85. The van der Waals surface area contributed by atoms with Crippen LogP contribution in [0.1, 0.15) is 30.2 Å². The Hall–Kier alpha value is -1.25. The predicted octanol–water partition coefficient (Wildman–Crippen LogP) is 3.91. The Morgan fingerprint density at radius 2 is 2.05 bits per heavy atom. The summed E-state index contributed by atoms with van der Waals surface area (Å²) in [4.78, 5) is 14.6. The Bertz CT molecular complexity index is 504. The Kier molecular flexibility index (Phi) is 5.43. The van der Waals surface area contributed by atoms with Gasteiger partial charge in [0.1, 0.15) is 4.60 Å². The zero-order valence-electron chi connectivity index (χ0n) is 10.1. The van der Waals surface area contributed by atoms with Gasteiger partial charge in [-0.15, -0.1) is 0 Å². The largest absolute Gasteiger partial charge is 0.466 e. The van der Waals surface area contributed by atoms with Crippen LogP contribution in [0.2, 0.25) is 0 Å². The summed E-state index contributed by atoms with van der Waals surface area (Å²) in [7, 11) is 0. The fraction of sp³-hybridized carbons (Fsp3) is 0.455. The molecule has 0 amide bonds. The molecule has 3 nitrogen and oxygen atoms in total. The van der Waals surface area contributed by atoms with E-state index in [1.54, 1.807) is 0 Å². The van der Waals surface area contributed by atoms with Gasteiger partial charge in [-0.05, 0) is 28.9 Å². The van der Waals surface area contributed by atoms with Crippen LogP contribution in [-0.2, 0) is 22.1 Å². The minimum atomic E-state index is -4.82. The van der Waals surface area contributed by atoms with Crippen LogP contribution in [0.3, 0.4) is 0 Å². The van der Waals surface area contributed by atoms with Gasteiger partial charge in [0.25, 0.3) is 6.43 Å². The van der Waals surface area contributed by atoms with Crippen LogP contribution < -0.4 is 0 Å². The normalized spacial score (nSPS) is 11.8. The maximum absolute atomic E-state index is 12.8. The van der Waals surface area contributed by atoms with E-state index >= 15 is 0 Å². The lowest BCUT2D eigenvalue weighted by atomic mass is 10.1. The standard InChI is InChI=1S/C11H9BrF5NO2/c1-2-20-8(19)4-7-5(10(13)14)3-6(9(12)18-7)11(15,16)17/h3,10H,2,4H2,1H3. The molecule has 112 valence electrons. The van der Waals surface area contributed by atoms with Crippen LogP contribution in [0.25, 0.3) is 0 Å². The second-order valence-electron chi connectivity index (χ2n) is 3.64. The molecule has 1 heterocycles. The molecule has 0 aliphatic rings. The monoisotopic (exact) mass is 361 g/mol. The van der Waals surface area contributed by atoms with E-state index in [0.717, 1.165) is 0 Å². The smallest absolute Gasteiger partial charge is 0.419 e. The van der Waals surface area contributed by atoms with Crippen molar-refractivity contribution in [3.8, 4) is 0 Å². The number of aromatic nitrogens is 1. The van der Waals surface area contributed by atoms with Crippen LogP contribution in [0.5, 0.6) is 0 Å². The number of carbonyl (C=O) groups is 1. The molecule has 0 N–H and O–H groups in total. The van der Waals surface area contributed by atoms with Crippen molar-refractivity contribution in [2.75, 3.05) is 6.61 Å². The number of alkyl halides is 5. The van der Waals surface area contributed by atoms with Crippen LogP contribution >= 0.6 is 15.9 Å². The highest BCUT2D eigenvalue weighted by atomic mass is 79.9. The molecular weight excluding hydrogens is 353 g/mol. The number of rotatable bonds is 4. The van der Waals surface area contributed by atoms with Crippen LogP contribution in [0.4, 0.5) is 22.0 Å². The molecule has 1 aromatic rings. The summed E-state index contributed by atoms with van der Waals surface area (Å²) in [6.07, 6.45) is -8.62. The fourth-order valence-corrected chi connectivity index (χ4v) is 1.97. The lowest BCUT2D eigenvalue weighted by molar-refractivity contribution is -0.142. The topological polar surface area (TPSA) is 39.2 Å². The SMILES string of the molecule is CCOC(=O)Cc1nc(Br)c(C(F)(F)F)cc1C(F)F. The van der Waals surface area contributed by atoms with Gasteiger partial charge in [-0.2, -0.15) is 13.2 Å². The molecule has 0 spiro atoms. The molecule has 9 heteroatoms. The van der Waals surface area contributed by atoms with E-state index in [2.05, 4.69) is 25.7 Å². The lowest BCUT2D eigenvalue weighted by Gasteiger charge is -2.14. The quantitative estimate of drug-likeness (QED) is 0.463. The second-order valence-corrected chi connectivity index (χ2v) is 4.39. The number of carbonyl (C=O) groups excluding carboxylic acids is 1. The highest BCUT2D eigenvalue weighted by Gasteiger charge is 2.36. The molecule has 0 unspecified atom stereocenters. The second kappa shape index (κ2) is 6.47. The number of nitrogens with zero attached hydrogens (tertiary/aromatic N) is 1. The van der Waals surface area contributed by atoms with Crippen molar-refractivity contribution in [3.63, 3.8) is 0 Å². The van der Waals surface area contributed by atoms with E-state index in [4.69, 9.17) is 0 Å². The van der Waals surface area contributed by atoms with Crippen molar-refractivity contribution in [1.29, 1.82) is 0 Å². The van der Waals surface area contributed by atoms with Crippen molar-refractivity contribution in [1.82, 2.24) is 4.98 Å². The number of ether oxygens (including phenoxy) is 1. The van der Waals surface area contributed by atoms with Crippen molar-refractivity contribution >= 4 is 21.9 Å². The zero-order valence-corrected chi connectivity index (χ0v) is 11.7. The Balaban J connectivity index is 3.25. The fourth-order valence-electron chi connectivity index (χ4n) is 1.42. The Labute approximate surface area is 119 Å². The van der Waals surface area contributed by atoms with Crippen LogP contribution in [0.15, 0.2) is 10.7 Å². The van der Waals surface area contributed by atoms with Gasteiger partial charge in [0, 0.05) is 5.56 Å². The van der Waals surface area contributed by atoms with Gasteiger partial charge in [-0.3, -0.25) is 4.79 Å². The Morgan fingerprint density at radius 1 is 1.45 bits per heavy atom. The average Bonchev–Trinajstić information content (AvgIpc) is 2.26. The van der Waals surface area contributed by atoms with Gasteiger partial charge in [0.15, 0.2) is 0 Å². The number of hydrogen-bond acceptors (Lipinski definition) is 3. The summed E-state index contributed by atoms with van der Waals surface area (Å²) in [6.45, 7) is 1.55. The molecule has 0 bridgehead atoms. The van der Waals surface area contributed by atoms with Crippen molar-refractivity contribution in [2.45, 2.75) is 25.9 Å². The summed E-state index contributed by atoms with van der Waals surface area (Å²) in [5.41, 5.74) is -2.70. The van der Waals surface area contributed by atoms with Crippen LogP contribution in [0, 0.1) is 0 Å². The highest BCUT2D eigenvalue weighted by Crippen LogP contribution is 2.37. The molecule has 20 heavy (non-hydrogen) atoms. The summed E-state index contributed by atoms with van der Waals surface area (Å²) in [5, 5.41) is 0. The van der Waals surface area contributed by atoms with Gasteiger partial charge in [-0.25, -0.2) is 13.8 Å². The number of esters is 1. The maximum atomic E-state index is 12.8. The van der Waals surface area contributed by atoms with Crippen molar-refractivity contribution in [3.05, 3.63) is 27.5 Å². The molecule has 0 fully saturated rings. The van der Waals surface area contributed by atoms with Gasteiger partial charge in [0.05, 0.1) is 24.3 Å². The van der Waals surface area contributed by atoms with E-state index in [1.807, 2.05) is 0 Å². The number of halogens is 6. The summed E-state index contributed by atoms with van der Waals surface area (Å²) in [5.74, 6) is -0.839. The molecule has 0 saturated carbocycles. The zero-order chi connectivity index (χ0) is 15.5. The Morgan fingerprint density at radius 3 is 2.50 bits per heavy atom. The molecule has 0 radical (unpaired) electrons. The lowest BCUT2D eigenvalue weighted by Crippen LogP contribution is -2.15. The number of hydrogen-bond donors (Lipinski definition) is 0. The van der Waals surface area contributed by atoms with Crippen molar-refractivity contribution < 1.29 is 31.5 Å². The predicted molar refractivity (Wildman–Crippen MR) is 62.2 cm³/mol. The first-order chi connectivity index (χ1) is 9.16. The molecule has 1 rings (SSSR count). The first kappa shape index (κ1) is 16.8. The molecule has 0 atom stereocenters. The van der Waals surface area contributed by atoms with Crippen LogP contribution in [-0.4, -0.2) is 17.6 Å². The van der Waals surface area contributed by atoms with Gasteiger partial charge in [0.2, 0.25) is 0 Å². The van der Waals surface area contributed by atoms with E-state index in [-0.39, 0.29) is 12.7 Å². The molecule has 0 aliphatic heterocycles. The summed E-state index contributed by atoms with van der Waals surface area (Å²) >= 11 is 2.57. The molecule has 0 aromatic carbocycles. The van der Waals surface area contributed by atoms with Crippen molar-refractivity contribution in [2.24, 2.45) is 0 Å². The van der Waals surface area contributed by atoms with Gasteiger partial charge in [-0.1, -0.05) is 0 Å². The summed E-state index contributed by atoms with van der Waals surface area (Å²) < 4.78 is 67.3. The van der Waals surface area contributed by atoms with E-state index in [9.17, 15) is 26.7 Å².